The number of rotatable bonds is 5. The fourth-order valence-electron chi connectivity index (χ4n) is 2.63. The first-order chi connectivity index (χ1) is 8.94. The predicted molar refractivity (Wildman–Crippen MR) is 72.8 cm³/mol. The average Bonchev–Trinajstić information content (AvgIpc) is 2.75. The number of carboxylic acids is 1. The highest BCUT2D eigenvalue weighted by Crippen LogP contribution is 2.24. The Kier molecular flexibility index (Phi) is 3.94. The van der Waals surface area contributed by atoms with E-state index in [1.165, 1.54) is 11.1 Å². The number of aryl methyl sites for hydroxylation is 2. The molecule has 19 heavy (non-hydrogen) atoms. The third-order valence-electron chi connectivity index (χ3n) is 3.61. The van der Waals surface area contributed by atoms with E-state index < -0.39 is 21.1 Å². The van der Waals surface area contributed by atoms with Crippen molar-refractivity contribution in [2.75, 3.05) is 0 Å². The molecule has 1 unspecified atom stereocenters. The number of carboxylic acid groups (broad SMARTS) is 1. The first kappa shape index (κ1) is 14.1. The van der Waals surface area contributed by atoms with E-state index in [-0.39, 0.29) is 12.2 Å². The first-order valence-electron chi connectivity index (χ1n) is 6.49. The third-order valence-corrected chi connectivity index (χ3v) is 5.75. The van der Waals surface area contributed by atoms with E-state index in [2.05, 4.69) is 0 Å². The van der Waals surface area contributed by atoms with Crippen LogP contribution in [-0.2, 0) is 33.2 Å². The molecule has 0 heterocycles. The molecule has 1 atom stereocenters. The van der Waals surface area contributed by atoms with Gasteiger partial charge in [-0.1, -0.05) is 25.1 Å². The minimum Gasteiger partial charge on any atom is -0.480 e. The molecule has 0 fully saturated rings. The minimum absolute atomic E-state index is 0.0998. The quantitative estimate of drug-likeness (QED) is 0.896. The maximum absolute atomic E-state index is 12.1. The summed E-state index contributed by atoms with van der Waals surface area (Å²) in [6.45, 7) is 1.58. The molecule has 0 bridgehead atoms. The Bertz CT molecular complexity index is 589. The molecule has 1 aromatic carbocycles. The molecule has 0 aromatic heterocycles. The van der Waals surface area contributed by atoms with Crippen LogP contribution < -0.4 is 0 Å². The van der Waals surface area contributed by atoms with Crippen molar-refractivity contribution in [3.05, 3.63) is 34.9 Å². The van der Waals surface area contributed by atoms with E-state index in [0.717, 1.165) is 19.3 Å². The van der Waals surface area contributed by atoms with Crippen molar-refractivity contribution in [2.24, 2.45) is 0 Å². The van der Waals surface area contributed by atoms with Gasteiger partial charge < -0.3 is 5.11 Å². The van der Waals surface area contributed by atoms with Crippen LogP contribution in [0.2, 0.25) is 0 Å². The number of aliphatic carboxylic acids is 1. The fourth-order valence-corrected chi connectivity index (χ4v) is 4.29. The van der Waals surface area contributed by atoms with Crippen LogP contribution in [0.3, 0.4) is 0 Å². The van der Waals surface area contributed by atoms with Gasteiger partial charge >= 0.3 is 5.97 Å². The third kappa shape index (κ3) is 2.97. The second-order valence-corrected chi connectivity index (χ2v) is 7.18. The van der Waals surface area contributed by atoms with Crippen LogP contribution in [0.4, 0.5) is 0 Å². The minimum atomic E-state index is -3.64. The van der Waals surface area contributed by atoms with Crippen molar-refractivity contribution in [2.45, 2.75) is 43.6 Å². The topological polar surface area (TPSA) is 71.4 Å². The molecule has 0 amide bonds. The molecule has 4 nitrogen and oxygen atoms in total. The zero-order valence-electron chi connectivity index (χ0n) is 10.9. The average molecular weight is 282 g/mol. The highest BCUT2D eigenvalue weighted by atomic mass is 32.2. The van der Waals surface area contributed by atoms with Crippen LogP contribution in [0.5, 0.6) is 0 Å². The van der Waals surface area contributed by atoms with E-state index in [9.17, 15) is 13.2 Å². The number of hydrogen-bond acceptors (Lipinski definition) is 3. The standard InChI is InChI=1S/C14H18O4S/c1-2-13(14(15)16)19(17,18)9-10-6-7-11-4-3-5-12(11)8-10/h6-8,13H,2-5,9H2,1H3,(H,15,16). The maximum atomic E-state index is 12.1. The van der Waals surface area contributed by atoms with Gasteiger partial charge in [-0.05, 0) is 42.4 Å². The van der Waals surface area contributed by atoms with Crippen LogP contribution in [0.15, 0.2) is 18.2 Å². The maximum Gasteiger partial charge on any atom is 0.321 e. The van der Waals surface area contributed by atoms with Gasteiger partial charge in [-0.2, -0.15) is 0 Å². The summed E-state index contributed by atoms with van der Waals surface area (Å²) in [4.78, 5) is 11.0. The monoisotopic (exact) mass is 282 g/mol. The van der Waals surface area contributed by atoms with Gasteiger partial charge in [0.05, 0.1) is 5.75 Å². The van der Waals surface area contributed by atoms with E-state index in [4.69, 9.17) is 5.11 Å². The van der Waals surface area contributed by atoms with Crippen LogP contribution in [0, 0.1) is 0 Å². The van der Waals surface area contributed by atoms with Gasteiger partial charge in [0.2, 0.25) is 0 Å². The van der Waals surface area contributed by atoms with E-state index >= 15 is 0 Å². The van der Waals surface area contributed by atoms with Crippen molar-refractivity contribution < 1.29 is 18.3 Å². The number of carbonyl (C=O) groups is 1. The summed E-state index contributed by atoms with van der Waals surface area (Å²) in [7, 11) is -3.64. The number of sulfone groups is 1. The molecular formula is C14H18O4S. The lowest BCUT2D eigenvalue weighted by Gasteiger charge is -2.12. The molecule has 1 aliphatic carbocycles. The van der Waals surface area contributed by atoms with Gasteiger partial charge in [-0.25, -0.2) is 8.42 Å². The predicted octanol–water partition coefficient (Wildman–Crippen LogP) is 1.95. The fraction of sp³-hybridized carbons (Fsp3) is 0.500. The molecule has 0 saturated heterocycles. The molecule has 104 valence electrons. The second-order valence-electron chi connectivity index (χ2n) is 5.00. The van der Waals surface area contributed by atoms with Crippen LogP contribution >= 0.6 is 0 Å². The van der Waals surface area contributed by atoms with Gasteiger partial charge in [0.1, 0.15) is 0 Å². The Morgan fingerprint density at radius 1 is 1.32 bits per heavy atom. The second kappa shape index (κ2) is 5.33. The Balaban J connectivity index is 2.23. The summed E-state index contributed by atoms with van der Waals surface area (Å²) < 4.78 is 24.2. The summed E-state index contributed by atoms with van der Waals surface area (Å²) in [6.07, 6.45) is 3.25. The highest BCUT2D eigenvalue weighted by molar-refractivity contribution is 7.92. The van der Waals surface area contributed by atoms with Gasteiger partial charge in [-0.3, -0.25) is 4.79 Å². The Hall–Kier alpha value is -1.36. The highest BCUT2D eigenvalue weighted by Gasteiger charge is 2.30. The number of fused-ring (bicyclic) bond motifs is 1. The summed E-state index contributed by atoms with van der Waals surface area (Å²) in [6, 6.07) is 5.68. The molecule has 0 spiro atoms. The zero-order valence-corrected chi connectivity index (χ0v) is 11.7. The SMILES string of the molecule is CCC(C(=O)O)S(=O)(=O)Cc1ccc2c(c1)CCC2. The molecule has 5 heteroatoms. The van der Waals surface area contributed by atoms with Gasteiger partial charge in [-0.15, -0.1) is 0 Å². The van der Waals surface area contributed by atoms with Crippen LogP contribution in [0.1, 0.15) is 36.5 Å². The van der Waals surface area contributed by atoms with Crippen molar-refractivity contribution in [1.29, 1.82) is 0 Å². The normalized spacial score (nSPS) is 16.1. The number of hydrogen-bond donors (Lipinski definition) is 1. The smallest absolute Gasteiger partial charge is 0.321 e. The molecule has 2 rings (SSSR count). The summed E-state index contributed by atoms with van der Waals surface area (Å²) in [5.41, 5.74) is 3.18. The lowest BCUT2D eigenvalue weighted by atomic mass is 10.1. The molecule has 0 aliphatic heterocycles. The van der Waals surface area contributed by atoms with Crippen LogP contribution in [0.25, 0.3) is 0 Å². The molecule has 1 N–H and O–H groups in total. The van der Waals surface area contributed by atoms with E-state index in [1.807, 2.05) is 12.1 Å². The molecular weight excluding hydrogens is 264 g/mol. The molecule has 1 aromatic rings. The molecule has 1 aliphatic rings. The largest absolute Gasteiger partial charge is 0.480 e. The molecule has 0 radical (unpaired) electrons. The Morgan fingerprint density at radius 3 is 2.63 bits per heavy atom. The van der Waals surface area contributed by atoms with Gasteiger partial charge in [0.25, 0.3) is 0 Å². The lowest BCUT2D eigenvalue weighted by Crippen LogP contribution is -2.30. The summed E-state index contributed by atoms with van der Waals surface area (Å²) in [5.74, 6) is -1.45. The summed E-state index contributed by atoms with van der Waals surface area (Å²) >= 11 is 0. The Morgan fingerprint density at radius 2 is 2.00 bits per heavy atom. The van der Waals surface area contributed by atoms with Crippen molar-refractivity contribution in [1.82, 2.24) is 0 Å². The van der Waals surface area contributed by atoms with E-state index in [1.54, 1.807) is 13.0 Å². The van der Waals surface area contributed by atoms with E-state index in [0.29, 0.717) is 5.56 Å². The summed E-state index contributed by atoms with van der Waals surface area (Å²) in [5, 5.41) is 7.66. The van der Waals surface area contributed by atoms with Crippen molar-refractivity contribution in [3.8, 4) is 0 Å². The first-order valence-corrected chi connectivity index (χ1v) is 8.20. The number of benzene rings is 1. The van der Waals surface area contributed by atoms with Gasteiger partial charge in [0.15, 0.2) is 15.1 Å². The van der Waals surface area contributed by atoms with Crippen molar-refractivity contribution >= 4 is 15.8 Å². The van der Waals surface area contributed by atoms with Crippen molar-refractivity contribution in [3.63, 3.8) is 0 Å². The van der Waals surface area contributed by atoms with Gasteiger partial charge in [0, 0.05) is 0 Å². The Labute approximate surface area is 113 Å². The molecule has 0 saturated carbocycles. The zero-order chi connectivity index (χ0) is 14.0. The van der Waals surface area contributed by atoms with Crippen LogP contribution in [-0.4, -0.2) is 24.7 Å². The lowest BCUT2D eigenvalue weighted by molar-refractivity contribution is -0.136.